The molecule has 0 saturated heterocycles. The van der Waals surface area contributed by atoms with Crippen LogP contribution in [-0.4, -0.2) is 16.0 Å². The molecular formula is C14H12Cl2N2O2. The van der Waals surface area contributed by atoms with Crippen molar-refractivity contribution >= 4 is 34.8 Å². The first-order valence-corrected chi connectivity index (χ1v) is 6.57. The van der Waals surface area contributed by atoms with Crippen LogP contribution in [0, 0.1) is 13.8 Å². The molecule has 6 heteroatoms. The highest BCUT2D eigenvalue weighted by atomic mass is 35.5. The number of anilines is 1. The van der Waals surface area contributed by atoms with Crippen molar-refractivity contribution in [3.05, 3.63) is 51.3 Å². The molecule has 1 aromatic carbocycles. The van der Waals surface area contributed by atoms with E-state index in [1.807, 2.05) is 0 Å². The first-order valence-electron chi connectivity index (χ1n) is 5.82. The standard InChI is InChI=1S/C14H12Cl2N2O2/c1-7-6-11(19)8(2)5-10(7)17-14(20)13-9(15)3-4-12(16)18-13/h3-6,19H,1-2H3,(H,17,20). The summed E-state index contributed by atoms with van der Waals surface area (Å²) in [5, 5.41) is 12.7. The lowest BCUT2D eigenvalue weighted by Crippen LogP contribution is -2.15. The third-order valence-corrected chi connectivity index (χ3v) is 3.33. The third kappa shape index (κ3) is 3.03. The Balaban J connectivity index is 2.32. The van der Waals surface area contributed by atoms with E-state index in [1.165, 1.54) is 12.1 Å². The minimum atomic E-state index is -0.453. The molecule has 1 amide bonds. The first-order chi connectivity index (χ1) is 9.38. The molecule has 20 heavy (non-hydrogen) atoms. The highest BCUT2D eigenvalue weighted by Crippen LogP contribution is 2.26. The maximum atomic E-state index is 12.2. The van der Waals surface area contributed by atoms with Gasteiger partial charge in [0.25, 0.3) is 5.91 Å². The van der Waals surface area contributed by atoms with Crippen molar-refractivity contribution in [1.82, 2.24) is 4.98 Å². The van der Waals surface area contributed by atoms with Gasteiger partial charge in [-0.3, -0.25) is 4.79 Å². The topological polar surface area (TPSA) is 62.2 Å². The number of carbonyl (C=O) groups is 1. The highest BCUT2D eigenvalue weighted by molar-refractivity contribution is 6.35. The summed E-state index contributed by atoms with van der Waals surface area (Å²) >= 11 is 11.7. The molecule has 1 aromatic heterocycles. The molecule has 0 saturated carbocycles. The number of nitrogens with one attached hydrogen (secondary N) is 1. The highest BCUT2D eigenvalue weighted by Gasteiger charge is 2.14. The zero-order chi connectivity index (χ0) is 14.9. The average Bonchev–Trinajstić information content (AvgIpc) is 2.38. The lowest BCUT2D eigenvalue weighted by atomic mass is 10.1. The number of hydrogen-bond donors (Lipinski definition) is 2. The number of aryl methyl sites for hydroxylation is 2. The fraction of sp³-hybridized carbons (Fsp3) is 0.143. The molecule has 0 spiro atoms. The van der Waals surface area contributed by atoms with Crippen LogP contribution in [0.25, 0.3) is 0 Å². The molecule has 0 aliphatic heterocycles. The Hall–Kier alpha value is -1.78. The van der Waals surface area contributed by atoms with E-state index < -0.39 is 5.91 Å². The minimum Gasteiger partial charge on any atom is -0.508 e. The van der Waals surface area contributed by atoms with Gasteiger partial charge in [-0.05, 0) is 49.2 Å². The van der Waals surface area contributed by atoms with Crippen molar-refractivity contribution in [2.24, 2.45) is 0 Å². The van der Waals surface area contributed by atoms with E-state index in [-0.39, 0.29) is 21.6 Å². The van der Waals surface area contributed by atoms with E-state index in [0.29, 0.717) is 11.3 Å². The van der Waals surface area contributed by atoms with Gasteiger partial charge in [0.1, 0.15) is 16.6 Å². The Morgan fingerprint density at radius 1 is 1.20 bits per heavy atom. The summed E-state index contributed by atoms with van der Waals surface area (Å²) in [6, 6.07) is 6.29. The fourth-order valence-corrected chi connectivity index (χ4v) is 2.03. The Morgan fingerprint density at radius 2 is 1.90 bits per heavy atom. The zero-order valence-electron chi connectivity index (χ0n) is 10.9. The molecule has 0 atom stereocenters. The van der Waals surface area contributed by atoms with E-state index in [9.17, 15) is 9.90 Å². The second-order valence-corrected chi connectivity index (χ2v) is 5.17. The number of pyridine rings is 1. The predicted molar refractivity (Wildman–Crippen MR) is 79.8 cm³/mol. The number of carbonyl (C=O) groups excluding carboxylic acids is 1. The van der Waals surface area contributed by atoms with Crippen molar-refractivity contribution < 1.29 is 9.90 Å². The molecule has 104 valence electrons. The van der Waals surface area contributed by atoms with Crippen LogP contribution in [0.15, 0.2) is 24.3 Å². The van der Waals surface area contributed by atoms with Gasteiger partial charge >= 0.3 is 0 Å². The maximum absolute atomic E-state index is 12.2. The van der Waals surface area contributed by atoms with Gasteiger partial charge in [-0.25, -0.2) is 4.98 Å². The fourth-order valence-electron chi connectivity index (χ4n) is 1.69. The van der Waals surface area contributed by atoms with E-state index in [1.54, 1.807) is 26.0 Å². The molecule has 1 heterocycles. The van der Waals surface area contributed by atoms with Gasteiger partial charge in [0, 0.05) is 5.69 Å². The van der Waals surface area contributed by atoms with Gasteiger partial charge in [-0.1, -0.05) is 23.2 Å². The first kappa shape index (κ1) is 14.6. The second kappa shape index (κ2) is 5.69. The van der Waals surface area contributed by atoms with Crippen LogP contribution in [-0.2, 0) is 0 Å². The van der Waals surface area contributed by atoms with E-state index in [0.717, 1.165) is 5.56 Å². The van der Waals surface area contributed by atoms with Gasteiger partial charge in [-0.15, -0.1) is 0 Å². The number of nitrogens with zero attached hydrogens (tertiary/aromatic N) is 1. The van der Waals surface area contributed by atoms with Crippen LogP contribution in [0.1, 0.15) is 21.6 Å². The molecule has 0 aliphatic carbocycles. The number of aromatic hydroxyl groups is 1. The summed E-state index contributed by atoms with van der Waals surface area (Å²) in [6.07, 6.45) is 0. The third-order valence-electron chi connectivity index (χ3n) is 2.82. The SMILES string of the molecule is Cc1cc(NC(=O)c2nc(Cl)ccc2Cl)c(C)cc1O. The number of phenolic OH excluding ortho intramolecular Hbond substituents is 1. The van der Waals surface area contributed by atoms with E-state index >= 15 is 0 Å². The van der Waals surface area contributed by atoms with Gasteiger partial charge < -0.3 is 10.4 Å². The van der Waals surface area contributed by atoms with Crippen LogP contribution >= 0.6 is 23.2 Å². The monoisotopic (exact) mass is 310 g/mol. The number of rotatable bonds is 2. The van der Waals surface area contributed by atoms with Crippen LogP contribution < -0.4 is 5.32 Å². The number of aromatic nitrogens is 1. The Kier molecular flexibility index (Phi) is 4.16. The van der Waals surface area contributed by atoms with E-state index in [2.05, 4.69) is 10.3 Å². The number of halogens is 2. The molecule has 0 unspecified atom stereocenters. The van der Waals surface area contributed by atoms with Crippen LogP contribution in [0.3, 0.4) is 0 Å². The number of amides is 1. The van der Waals surface area contributed by atoms with Crippen LogP contribution in [0.4, 0.5) is 5.69 Å². The summed E-state index contributed by atoms with van der Waals surface area (Å²) < 4.78 is 0. The lowest BCUT2D eigenvalue weighted by molar-refractivity contribution is 0.102. The zero-order valence-corrected chi connectivity index (χ0v) is 12.4. The molecule has 0 radical (unpaired) electrons. The summed E-state index contributed by atoms with van der Waals surface area (Å²) in [4.78, 5) is 16.1. The molecule has 2 N–H and O–H groups in total. The lowest BCUT2D eigenvalue weighted by Gasteiger charge is -2.11. The predicted octanol–water partition coefficient (Wildman–Crippen LogP) is 3.96. The molecule has 2 aromatic rings. The normalized spacial score (nSPS) is 10.4. The second-order valence-electron chi connectivity index (χ2n) is 4.37. The van der Waals surface area contributed by atoms with Gasteiger partial charge in [0.05, 0.1) is 5.02 Å². The van der Waals surface area contributed by atoms with Crippen molar-refractivity contribution in [3.8, 4) is 5.75 Å². The van der Waals surface area contributed by atoms with E-state index in [4.69, 9.17) is 23.2 Å². The van der Waals surface area contributed by atoms with Crippen LogP contribution in [0.5, 0.6) is 5.75 Å². The summed E-state index contributed by atoms with van der Waals surface area (Å²) in [7, 11) is 0. The Bertz CT molecular complexity index is 687. The molecule has 0 aliphatic rings. The number of phenols is 1. The minimum absolute atomic E-state index is 0.0595. The smallest absolute Gasteiger partial charge is 0.275 e. The van der Waals surface area contributed by atoms with Crippen molar-refractivity contribution in [2.45, 2.75) is 13.8 Å². The van der Waals surface area contributed by atoms with Gasteiger partial charge in [0.15, 0.2) is 0 Å². The summed E-state index contributed by atoms with van der Waals surface area (Å²) in [5.74, 6) is -0.273. The summed E-state index contributed by atoms with van der Waals surface area (Å²) in [6.45, 7) is 3.52. The Morgan fingerprint density at radius 3 is 2.60 bits per heavy atom. The molecule has 4 nitrogen and oxygen atoms in total. The van der Waals surface area contributed by atoms with Crippen molar-refractivity contribution in [2.75, 3.05) is 5.32 Å². The number of hydrogen-bond acceptors (Lipinski definition) is 3. The van der Waals surface area contributed by atoms with Gasteiger partial charge in [-0.2, -0.15) is 0 Å². The quantitative estimate of drug-likeness (QED) is 0.652. The largest absolute Gasteiger partial charge is 0.508 e. The molecule has 2 rings (SSSR count). The average molecular weight is 311 g/mol. The van der Waals surface area contributed by atoms with Crippen molar-refractivity contribution in [3.63, 3.8) is 0 Å². The summed E-state index contributed by atoms with van der Waals surface area (Å²) in [5.41, 5.74) is 2.04. The van der Waals surface area contributed by atoms with Crippen molar-refractivity contribution in [1.29, 1.82) is 0 Å². The number of benzene rings is 1. The van der Waals surface area contributed by atoms with Crippen LogP contribution in [0.2, 0.25) is 10.2 Å². The molecule has 0 fully saturated rings. The maximum Gasteiger partial charge on any atom is 0.275 e. The molecule has 0 bridgehead atoms. The Labute approximate surface area is 126 Å². The molecular weight excluding hydrogens is 299 g/mol. The van der Waals surface area contributed by atoms with Gasteiger partial charge in [0.2, 0.25) is 0 Å².